The molecule has 0 aromatic heterocycles. The maximum Gasteiger partial charge on any atom is 0.325 e. The zero-order valence-corrected chi connectivity index (χ0v) is 19.3. The summed E-state index contributed by atoms with van der Waals surface area (Å²) in [4.78, 5) is 48.8. The monoisotopic (exact) mass is 475 g/mol. The van der Waals surface area contributed by atoms with E-state index < -0.39 is 42.0 Å². The highest BCUT2D eigenvalue weighted by atomic mass is 16.4. The fourth-order valence-corrected chi connectivity index (χ4v) is 4.38. The molecule has 1 saturated carbocycles. The summed E-state index contributed by atoms with van der Waals surface area (Å²) < 4.78 is 0. The molecule has 3 unspecified atom stereocenters. The minimum absolute atomic E-state index is 0.00427. The number of phenols is 1. The van der Waals surface area contributed by atoms with Gasteiger partial charge in [-0.25, -0.2) is 0 Å². The average Bonchev–Trinajstić information content (AvgIpc) is 2.79. The van der Waals surface area contributed by atoms with Crippen LogP contribution in [0.4, 0.5) is 0 Å². The van der Waals surface area contributed by atoms with E-state index in [1.807, 2.05) is 0 Å². The summed E-state index contributed by atoms with van der Waals surface area (Å²) in [5, 5.41) is 30.9. The number of carbonyl (C=O) groups is 4. The first kappa shape index (κ1) is 25.4. The summed E-state index contributed by atoms with van der Waals surface area (Å²) in [6.07, 6.45) is 3.96. The molecule has 3 rings (SSSR count). The average molecular weight is 476 g/mol. The second-order valence-corrected chi connectivity index (χ2v) is 9.12. The fourth-order valence-electron chi connectivity index (χ4n) is 4.38. The quantitative estimate of drug-likeness (QED) is 0.261. The first-order chi connectivity index (χ1) is 16.1. The Hall–Kier alpha value is -3.18. The van der Waals surface area contributed by atoms with Crippen molar-refractivity contribution in [2.75, 3.05) is 0 Å². The lowest BCUT2D eigenvalue weighted by Gasteiger charge is -2.40. The molecule has 0 spiro atoms. The number of amides is 3. The molecule has 1 aromatic rings. The van der Waals surface area contributed by atoms with Crippen molar-refractivity contribution in [1.82, 2.24) is 21.3 Å². The maximum absolute atomic E-state index is 12.8. The third-order valence-corrected chi connectivity index (χ3v) is 6.36. The van der Waals surface area contributed by atoms with Crippen LogP contribution in [0.15, 0.2) is 18.2 Å². The van der Waals surface area contributed by atoms with Crippen molar-refractivity contribution < 1.29 is 29.4 Å². The number of nitrogens with two attached hydrogens (primary N) is 1. The van der Waals surface area contributed by atoms with Gasteiger partial charge in [0.05, 0.1) is 6.04 Å². The highest BCUT2D eigenvalue weighted by Crippen LogP contribution is 2.31. The Bertz CT molecular complexity index is 952. The van der Waals surface area contributed by atoms with Crippen LogP contribution in [0.5, 0.6) is 5.75 Å². The van der Waals surface area contributed by atoms with Crippen molar-refractivity contribution in [3.8, 4) is 5.75 Å². The summed E-state index contributed by atoms with van der Waals surface area (Å²) >= 11 is 0. The van der Waals surface area contributed by atoms with Gasteiger partial charge in [0, 0.05) is 24.1 Å². The highest BCUT2D eigenvalue weighted by Gasteiger charge is 2.38. The van der Waals surface area contributed by atoms with E-state index in [0.717, 1.165) is 25.7 Å². The van der Waals surface area contributed by atoms with Crippen LogP contribution >= 0.6 is 0 Å². The number of nitrogens with one attached hydrogen (secondary N) is 4. The number of carboxylic acids is 1. The van der Waals surface area contributed by atoms with Gasteiger partial charge in [-0.05, 0) is 44.4 Å². The Morgan fingerprint density at radius 3 is 2.44 bits per heavy atom. The standard InChI is InChI=1S/C23H33N5O6/c1-11(24)20(30)28-17(21(31)25-12(2)23(33)34)10-13-7-8-18(29)14(9-13)19-22(32)27-16-6-4-3-5-15(16)26-19/h7-9,11-12,15-17,19,26,29H,3-6,10,24H2,1-2H3,(H,25,31)(H,27,32)(H,28,30)(H,33,34)/t11-,12-,15?,16?,17-,19?/m0/s1. The van der Waals surface area contributed by atoms with Gasteiger partial charge in [0.1, 0.15) is 23.9 Å². The smallest absolute Gasteiger partial charge is 0.325 e. The van der Waals surface area contributed by atoms with E-state index in [1.165, 1.54) is 19.9 Å². The second kappa shape index (κ2) is 10.8. The van der Waals surface area contributed by atoms with Crippen LogP contribution in [0, 0.1) is 0 Å². The lowest BCUT2D eigenvalue weighted by Crippen LogP contribution is -2.61. The van der Waals surface area contributed by atoms with Crippen molar-refractivity contribution in [2.45, 2.75) is 82.2 Å². The number of piperazine rings is 1. The summed E-state index contributed by atoms with van der Waals surface area (Å²) in [7, 11) is 0. The third kappa shape index (κ3) is 6.03. The molecule has 3 amide bonds. The number of hydrogen-bond donors (Lipinski definition) is 7. The molecule has 6 atom stereocenters. The number of phenolic OH excluding ortho intramolecular Hbond substituents is 1. The fraction of sp³-hybridized carbons (Fsp3) is 0.565. The number of hydrogen-bond acceptors (Lipinski definition) is 7. The molecule has 1 aromatic carbocycles. The van der Waals surface area contributed by atoms with E-state index in [1.54, 1.807) is 12.1 Å². The van der Waals surface area contributed by atoms with Crippen LogP contribution in [0.3, 0.4) is 0 Å². The summed E-state index contributed by atoms with van der Waals surface area (Å²) in [6.45, 7) is 2.78. The summed E-state index contributed by atoms with van der Waals surface area (Å²) in [6, 6.07) is 0.940. The first-order valence-electron chi connectivity index (χ1n) is 11.5. The number of carboxylic acid groups (broad SMARTS) is 1. The van der Waals surface area contributed by atoms with E-state index in [0.29, 0.717) is 11.1 Å². The molecule has 186 valence electrons. The van der Waals surface area contributed by atoms with E-state index >= 15 is 0 Å². The van der Waals surface area contributed by atoms with Gasteiger partial charge in [-0.1, -0.05) is 18.9 Å². The lowest BCUT2D eigenvalue weighted by atomic mass is 9.86. The molecular weight excluding hydrogens is 442 g/mol. The molecule has 11 heteroatoms. The van der Waals surface area contributed by atoms with Crippen molar-refractivity contribution in [2.24, 2.45) is 5.73 Å². The molecule has 1 saturated heterocycles. The molecule has 8 N–H and O–H groups in total. The Balaban J connectivity index is 1.82. The van der Waals surface area contributed by atoms with E-state index in [2.05, 4.69) is 21.3 Å². The molecule has 34 heavy (non-hydrogen) atoms. The SMILES string of the molecule is C[C@H](N)C(=O)N[C@@H](Cc1ccc(O)c(C2NC3CCCCC3NC2=O)c1)C(=O)N[C@@H](C)C(=O)O. The summed E-state index contributed by atoms with van der Waals surface area (Å²) in [5.74, 6) is -2.76. The predicted octanol–water partition coefficient (Wildman–Crippen LogP) is -0.572. The molecule has 11 nitrogen and oxygen atoms in total. The van der Waals surface area contributed by atoms with Crippen LogP contribution in [0.2, 0.25) is 0 Å². The van der Waals surface area contributed by atoms with E-state index in [4.69, 9.17) is 10.8 Å². The van der Waals surface area contributed by atoms with Gasteiger partial charge in [0.2, 0.25) is 17.7 Å². The van der Waals surface area contributed by atoms with E-state index in [9.17, 15) is 24.3 Å². The predicted molar refractivity (Wildman–Crippen MR) is 123 cm³/mol. The van der Waals surface area contributed by atoms with Gasteiger partial charge in [0.15, 0.2) is 0 Å². The van der Waals surface area contributed by atoms with Crippen molar-refractivity contribution in [3.05, 3.63) is 29.3 Å². The number of fused-ring (bicyclic) bond motifs is 1. The van der Waals surface area contributed by atoms with Crippen molar-refractivity contribution in [3.63, 3.8) is 0 Å². The van der Waals surface area contributed by atoms with Gasteiger partial charge in [-0.3, -0.25) is 24.5 Å². The van der Waals surface area contributed by atoms with Crippen LogP contribution in [0.25, 0.3) is 0 Å². The number of carbonyl (C=O) groups excluding carboxylic acids is 3. The normalized spacial score (nSPS) is 24.7. The van der Waals surface area contributed by atoms with Gasteiger partial charge in [-0.2, -0.15) is 0 Å². The molecule has 1 heterocycles. The van der Waals surface area contributed by atoms with Gasteiger partial charge < -0.3 is 31.9 Å². The van der Waals surface area contributed by atoms with Gasteiger partial charge in [0.25, 0.3) is 0 Å². The number of benzene rings is 1. The molecular formula is C23H33N5O6. The topological polar surface area (TPSA) is 183 Å². The second-order valence-electron chi connectivity index (χ2n) is 9.12. The Morgan fingerprint density at radius 2 is 1.79 bits per heavy atom. The van der Waals surface area contributed by atoms with Crippen LogP contribution in [-0.4, -0.2) is 64.1 Å². The van der Waals surface area contributed by atoms with Crippen molar-refractivity contribution in [1.29, 1.82) is 0 Å². The van der Waals surface area contributed by atoms with Crippen LogP contribution in [-0.2, 0) is 25.6 Å². The van der Waals surface area contributed by atoms with Gasteiger partial charge >= 0.3 is 5.97 Å². The van der Waals surface area contributed by atoms with Crippen LogP contribution < -0.4 is 27.0 Å². The lowest BCUT2D eigenvalue weighted by molar-refractivity contribution is -0.141. The van der Waals surface area contributed by atoms with Crippen LogP contribution in [0.1, 0.15) is 56.7 Å². The maximum atomic E-state index is 12.8. The van der Waals surface area contributed by atoms with E-state index in [-0.39, 0.29) is 30.2 Å². The third-order valence-electron chi connectivity index (χ3n) is 6.36. The zero-order chi connectivity index (χ0) is 25.0. The molecule has 2 aliphatic rings. The molecule has 1 aliphatic carbocycles. The first-order valence-corrected chi connectivity index (χ1v) is 11.5. The Kier molecular flexibility index (Phi) is 8.11. The zero-order valence-electron chi connectivity index (χ0n) is 19.3. The number of aromatic hydroxyl groups is 1. The Morgan fingerprint density at radius 1 is 1.12 bits per heavy atom. The highest BCUT2D eigenvalue weighted by molar-refractivity contribution is 5.91. The van der Waals surface area contributed by atoms with Gasteiger partial charge in [-0.15, -0.1) is 0 Å². The number of rotatable bonds is 8. The minimum Gasteiger partial charge on any atom is -0.508 e. The minimum atomic E-state index is -1.21. The molecule has 1 aliphatic heterocycles. The molecule has 0 bridgehead atoms. The number of aliphatic carboxylic acids is 1. The largest absolute Gasteiger partial charge is 0.508 e. The molecule has 0 radical (unpaired) electrons. The Labute approximate surface area is 197 Å². The van der Waals surface area contributed by atoms with Crippen molar-refractivity contribution >= 4 is 23.7 Å². The summed E-state index contributed by atoms with van der Waals surface area (Å²) in [5.41, 5.74) is 6.56. The molecule has 2 fully saturated rings.